The highest BCUT2D eigenvalue weighted by atomic mass is 16.1. The second-order valence-corrected chi connectivity index (χ2v) is 5.95. The number of benzene rings is 3. The van der Waals surface area contributed by atoms with Crippen molar-refractivity contribution in [2.45, 2.75) is 6.54 Å². The van der Waals surface area contributed by atoms with Crippen LogP contribution >= 0.6 is 0 Å². The highest BCUT2D eigenvalue weighted by molar-refractivity contribution is 6.02. The number of aromatic nitrogens is 1. The first-order valence-electron chi connectivity index (χ1n) is 8.10. The number of nitrogens with zero attached hydrogens (tertiary/aromatic N) is 2. The standard InChI is InChI=1S/C21H17N3O/c22-21(25)14-24-13-16(18-9-3-4-11-20(18)24)12-23-19-10-5-7-15-6-1-2-8-17(15)19/h1-13H,14H2,(H2,22,25). The van der Waals surface area contributed by atoms with Crippen molar-refractivity contribution in [3.05, 3.63) is 78.5 Å². The quantitative estimate of drug-likeness (QED) is 0.565. The first kappa shape index (κ1) is 15.1. The third-order valence-electron chi connectivity index (χ3n) is 4.25. The molecule has 1 amide bonds. The molecule has 0 saturated carbocycles. The van der Waals surface area contributed by atoms with Crippen LogP contribution < -0.4 is 5.73 Å². The average molecular weight is 327 g/mol. The van der Waals surface area contributed by atoms with Crippen LogP contribution in [0.25, 0.3) is 21.7 Å². The molecule has 0 fully saturated rings. The van der Waals surface area contributed by atoms with Crippen molar-refractivity contribution in [1.29, 1.82) is 0 Å². The molecule has 2 N–H and O–H groups in total. The van der Waals surface area contributed by atoms with E-state index < -0.39 is 0 Å². The van der Waals surface area contributed by atoms with E-state index in [0.717, 1.165) is 32.9 Å². The van der Waals surface area contributed by atoms with Crippen LogP contribution in [0.4, 0.5) is 5.69 Å². The Morgan fingerprint density at radius 2 is 1.68 bits per heavy atom. The van der Waals surface area contributed by atoms with E-state index in [4.69, 9.17) is 10.7 Å². The number of para-hydroxylation sites is 1. The van der Waals surface area contributed by atoms with Crippen LogP contribution in [0.3, 0.4) is 0 Å². The molecule has 122 valence electrons. The monoisotopic (exact) mass is 327 g/mol. The lowest BCUT2D eigenvalue weighted by Gasteiger charge is -2.00. The smallest absolute Gasteiger partial charge is 0.237 e. The van der Waals surface area contributed by atoms with Crippen molar-refractivity contribution in [1.82, 2.24) is 4.57 Å². The minimum absolute atomic E-state index is 0.155. The minimum Gasteiger partial charge on any atom is -0.368 e. The van der Waals surface area contributed by atoms with Gasteiger partial charge in [0.1, 0.15) is 6.54 Å². The third-order valence-corrected chi connectivity index (χ3v) is 4.25. The Balaban J connectivity index is 1.80. The number of fused-ring (bicyclic) bond motifs is 2. The number of hydrogen-bond acceptors (Lipinski definition) is 2. The molecular weight excluding hydrogens is 310 g/mol. The molecule has 1 aromatic heterocycles. The SMILES string of the molecule is NC(=O)Cn1cc(C=Nc2cccc3ccccc23)c2ccccc21. The van der Waals surface area contributed by atoms with Gasteiger partial charge in [-0.15, -0.1) is 0 Å². The van der Waals surface area contributed by atoms with Gasteiger partial charge >= 0.3 is 0 Å². The molecule has 25 heavy (non-hydrogen) atoms. The summed E-state index contributed by atoms with van der Waals surface area (Å²) in [6.45, 7) is 0.155. The lowest BCUT2D eigenvalue weighted by Crippen LogP contribution is -2.17. The van der Waals surface area contributed by atoms with E-state index >= 15 is 0 Å². The van der Waals surface area contributed by atoms with E-state index in [0.29, 0.717) is 0 Å². The van der Waals surface area contributed by atoms with E-state index in [9.17, 15) is 4.79 Å². The van der Waals surface area contributed by atoms with Crippen LogP contribution in [0, 0.1) is 0 Å². The number of amides is 1. The van der Waals surface area contributed by atoms with Gasteiger partial charge in [0, 0.05) is 34.3 Å². The van der Waals surface area contributed by atoms with Gasteiger partial charge in [-0.3, -0.25) is 9.79 Å². The normalized spacial score (nSPS) is 11.5. The number of carbonyl (C=O) groups is 1. The fourth-order valence-corrected chi connectivity index (χ4v) is 3.14. The molecule has 0 atom stereocenters. The average Bonchev–Trinajstić information content (AvgIpc) is 2.97. The van der Waals surface area contributed by atoms with Crippen LogP contribution in [-0.2, 0) is 11.3 Å². The van der Waals surface area contributed by atoms with Crippen molar-refractivity contribution >= 4 is 39.5 Å². The Kier molecular flexibility index (Phi) is 3.78. The van der Waals surface area contributed by atoms with Gasteiger partial charge in [-0.05, 0) is 17.5 Å². The molecule has 0 saturated heterocycles. The Morgan fingerprint density at radius 3 is 2.52 bits per heavy atom. The van der Waals surface area contributed by atoms with Crippen molar-refractivity contribution < 1.29 is 4.79 Å². The molecule has 0 aliphatic carbocycles. The molecule has 0 radical (unpaired) electrons. The molecule has 4 rings (SSSR count). The maximum atomic E-state index is 11.3. The maximum absolute atomic E-state index is 11.3. The molecule has 0 aliphatic rings. The van der Waals surface area contributed by atoms with Crippen LogP contribution in [-0.4, -0.2) is 16.7 Å². The first-order valence-corrected chi connectivity index (χ1v) is 8.10. The second-order valence-electron chi connectivity index (χ2n) is 5.95. The first-order chi connectivity index (χ1) is 12.2. The van der Waals surface area contributed by atoms with Crippen LogP contribution in [0.2, 0.25) is 0 Å². The zero-order chi connectivity index (χ0) is 17.2. The van der Waals surface area contributed by atoms with Gasteiger partial charge in [-0.2, -0.15) is 0 Å². The number of primary amides is 1. The summed E-state index contributed by atoms with van der Waals surface area (Å²) in [5.41, 5.74) is 8.22. The largest absolute Gasteiger partial charge is 0.368 e. The molecule has 0 unspecified atom stereocenters. The van der Waals surface area contributed by atoms with Gasteiger partial charge in [-0.25, -0.2) is 0 Å². The summed E-state index contributed by atoms with van der Waals surface area (Å²) in [6.07, 6.45) is 3.77. The summed E-state index contributed by atoms with van der Waals surface area (Å²) in [6, 6.07) is 22.2. The molecule has 4 heteroatoms. The summed E-state index contributed by atoms with van der Waals surface area (Å²) in [5.74, 6) is -0.363. The number of carbonyl (C=O) groups excluding carboxylic acids is 1. The summed E-state index contributed by atoms with van der Waals surface area (Å²) in [7, 11) is 0. The van der Waals surface area contributed by atoms with Gasteiger partial charge in [-0.1, -0.05) is 54.6 Å². The summed E-state index contributed by atoms with van der Waals surface area (Å²) < 4.78 is 1.86. The van der Waals surface area contributed by atoms with Crippen LogP contribution in [0.5, 0.6) is 0 Å². The van der Waals surface area contributed by atoms with E-state index in [2.05, 4.69) is 18.2 Å². The Bertz CT molecular complexity index is 1100. The summed E-state index contributed by atoms with van der Waals surface area (Å²) in [4.78, 5) is 16.0. The number of hydrogen-bond donors (Lipinski definition) is 1. The molecule has 0 aliphatic heterocycles. The lowest BCUT2D eigenvalue weighted by molar-refractivity contribution is -0.118. The molecular formula is C21H17N3O. The van der Waals surface area contributed by atoms with Crippen molar-refractivity contribution in [3.63, 3.8) is 0 Å². The van der Waals surface area contributed by atoms with Crippen molar-refractivity contribution in [2.75, 3.05) is 0 Å². The minimum atomic E-state index is -0.363. The van der Waals surface area contributed by atoms with E-state index in [1.807, 2.05) is 65.5 Å². The molecule has 1 heterocycles. The summed E-state index contributed by atoms with van der Waals surface area (Å²) in [5, 5.41) is 3.32. The number of nitrogens with two attached hydrogens (primary N) is 1. The zero-order valence-electron chi connectivity index (χ0n) is 13.6. The Hall–Kier alpha value is -3.40. The molecule has 0 spiro atoms. The van der Waals surface area contributed by atoms with Gasteiger partial charge in [0.2, 0.25) is 5.91 Å². The van der Waals surface area contributed by atoms with E-state index in [1.165, 1.54) is 0 Å². The van der Waals surface area contributed by atoms with Gasteiger partial charge in [0.15, 0.2) is 0 Å². The molecule has 4 nitrogen and oxygen atoms in total. The molecule has 3 aromatic carbocycles. The predicted molar refractivity (Wildman–Crippen MR) is 102 cm³/mol. The summed E-state index contributed by atoms with van der Waals surface area (Å²) >= 11 is 0. The second kappa shape index (κ2) is 6.24. The number of rotatable bonds is 4. The zero-order valence-corrected chi connectivity index (χ0v) is 13.6. The Labute approximate surface area is 145 Å². The molecule has 0 bridgehead atoms. The maximum Gasteiger partial charge on any atom is 0.237 e. The molecule has 4 aromatic rings. The van der Waals surface area contributed by atoms with E-state index in [-0.39, 0.29) is 12.5 Å². The Morgan fingerprint density at radius 1 is 0.960 bits per heavy atom. The predicted octanol–water partition coefficient (Wildman–Crippen LogP) is 4.03. The highest BCUT2D eigenvalue weighted by Crippen LogP contribution is 2.26. The highest BCUT2D eigenvalue weighted by Gasteiger charge is 2.08. The van der Waals surface area contributed by atoms with Gasteiger partial charge < -0.3 is 10.3 Å². The van der Waals surface area contributed by atoms with Gasteiger partial charge in [0.05, 0.1) is 5.69 Å². The van der Waals surface area contributed by atoms with Crippen LogP contribution in [0.15, 0.2) is 77.9 Å². The topological polar surface area (TPSA) is 60.4 Å². The van der Waals surface area contributed by atoms with Crippen LogP contribution in [0.1, 0.15) is 5.56 Å². The fourth-order valence-electron chi connectivity index (χ4n) is 3.14. The third kappa shape index (κ3) is 2.90. The lowest BCUT2D eigenvalue weighted by atomic mass is 10.1. The van der Waals surface area contributed by atoms with Crippen molar-refractivity contribution in [2.24, 2.45) is 10.7 Å². The fraction of sp³-hybridized carbons (Fsp3) is 0.0476. The van der Waals surface area contributed by atoms with Gasteiger partial charge in [0.25, 0.3) is 0 Å². The van der Waals surface area contributed by atoms with Crippen molar-refractivity contribution in [3.8, 4) is 0 Å². The van der Waals surface area contributed by atoms with E-state index in [1.54, 1.807) is 0 Å². The number of aliphatic imine (C=N–C) groups is 1.